The number of rotatable bonds is 5. The van der Waals surface area contributed by atoms with E-state index in [2.05, 4.69) is 15.9 Å². The molecular weight excluding hydrogens is 514 g/mol. The molecule has 1 heterocycles. The van der Waals surface area contributed by atoms with E-state index in [0.717, 1.165) is 10.0 Å². The van der Waals surface area contributed by atoms with Gasteiger partial charge in [0, 0.05) is 15.7 Å². The van der Waals surface area contributed by atoms with Crippen molar-refractivity contribution in [3.8, 4) is 5.75 Å². The van der Waals surface area contributed by atoms with Crippen LogP contribution >= 0.6 is 15.9 Å². The minimum Gasteiger partial charge on any atom is -0.507 e. The highest BCUT2D eigenvalue weighted by atomic mass is 79.9. The second-order valence-corrected chi connectivity index (χ2v) is 8.80. The standard InChI is InChI=1S/C27H22BrNO6/c1-15-4-11-19(14-21(15)28)29-23(16-5-7-18(8-6-16)27(33)35-3)22(25(31)26(29)32)24(30)17-9-12-20(34-2)13-10-17/h4-14,23,30H,1-3H3. The summed E-state index contributed by atoms with van der Waals surface area (Å²) in [6.07, 6.45) is 0. The number of esters is 1. The van der Waals surface area contributed by atoms with Gasteiger partial charge in [-0.25, -0.2) is 4.79 Å². The first-order valence-electron chi connectivity index (χ1n) is 10.7. The number of ketones is 1. The zero-order valence-electron chi connectivity index (χ0n) is 19.2. The number of methoxy groups -OCH3 is 2. The molecule has 4 rings (SSSR count). The minimum absolute atomic E-state index is 0.0531. The second-order valence-electron chi connectivity index (χ2n) is 7.94. The molecule has 1 saturated heterocycles. The fourth-order valence-corrected chi connectivity index (χ4v) is 4.34. The highest BCUT2D eigenvalue weighted by Crippen LogP contribution is 2.43. The number of amides is 1. The van der Waals surface area contributed by atoms with Crippen molar-refractivity contribution in [2.24, 2.45) is 0 Å². The lowest BCUT2D eigenvalue weighted by Crippen LogP contribution is -2.29. The predicted octanol–water partition coefficient (Wildman–Crippen LogP) is 5.18. The summed E-state index contributed by atoms with van der Waals surface area (Å²) in [7, 11) is 2.81. The van der Waals surface area contributed by atoms with E-state index in [1.165, 1.54) is 19.1 Å². The van der Waals surface area contributed by atoms with E-state index in [-0.39, 0.29) is 11.3 Å². The molecule has 1 aliphatic rings. The lowest BCUT2D eigenvalue weighted by Gasteiger charge is -2.26. The Morgan fingerprint density at radius 3 is 2.14 bits per heavy atom. The van der Waals surface area contributed by atoms with Gasteiger partial charge in [0.25, 0.3) is 11.7 Å². The number of benzene rings is 3. The van der Waals surface area contributed by atoms with Gasteiger partial charge in [0.05, 0.1) is 31.4 Å². The first-order chi connectivity index (χ1) is 16.8. The molecule has 35 heavy (non-hydrogen) atoms. The Morgan fingerprint density at radius 1 is 0.943 bits per heavy atom. The van der Waals surface area contributed by atoms with Crippen LogP contribution in [0.3, 0.4) is 0 Å². The quantitative estimate of drug-likeness (QED) is 0.209. The zero-order chi connectivity index (χ0) is 25.3. The Balaban J connectivity index is 1.91. The van der Waals surface area contributed by atoms with Gasteiger partial charge in [0.1, 0.15) is 11.5 Å². The third kappa shape index (κ3) is 4.44. The molecule has 0 radical (unpaired) electrons. The highest BCUT2D eigenvalue weighted by Gasteiger charge is 2.47. The van der Waals surface area contributed by atoms with Crippen LogP contribution in [-0.4, -0.2) is 37.0 Å². The number of nitrogens with zero attached hydrogens (tertiary/aromatic N) is 1. The van der Waals surface area contributed by atoms with Crippen LogP contribution in [0.4, 0.5) is 5.69 Å². The Hall–Kier alpha value is -3.91. The molecule has 1 atom stereocenters. The van der Waals surface area contributed by atoms with Crippen molar-refractivity contribution in [3.05, 3.63) is 99.0 Å². The van der Waals surface area contributed by atoms with Crippen LogP contribution in [0.2, 0.25) is 0 Å². The van der Waals surface area contributed by atoms with Gasteiger partial charge in [-0.15, -0.1) is 0 Å². The van der Waals surface area contributed by atoms with Crippen molar-refractivity contribution in [2.45, 2.75) is 13.0 Å². The van der Waals surface area contributed by atoms with Crippen molar-refractivity contribution in [2.75, 3.05) is 19.1 Å². The van der Waals surface area contributed by atoms with Crippen LogP contribution in [0.5, 0.6) is 5.75 Å². The van der Waals surface area contributed by atoms with Crippen molar-refractivity contribution >= 4 is 45.0 Å². The van der Waals surface area contributed by atoms with Gasteiger partial charge in [0.2, 0.25) is 0 Å². The van der Waals surface area contributed by atoms with Gasteiger partial charge in [-0.3, -0.25) is 14.5 Å². The summed E-state index contributed by atoms with van der Waals surface area (Å²) in [5.74, 6) is -1.80. The third-order valence-electron chi connectivity index (χ3n) is 5.89. The number of halogens is 1. The summed E-state index contributed by atoms with van der Waals surface area (Å²) < 4.78 is 10.7. The second kappa shape index (κ2) is 9.76. The van der Waals surface area contributed by atoms with E-state index in [4.69, 9.17) is 9.47 Å². The van der Waals surface area contributed by atoms with Gasteiger partial charge >= 0.3 is 5.97 Å². The van der Waals surface area contributed by atoms with Gasteiger partial charge < -0.3 is 14.6 Å². The Labute approximate surface area is 210 Å². The molecule has 1 N–H and O–H groups in total. The molecule has 0 spiro atoms. The Kier molecular flexibility index (Phi) is 6.75. The largest absolute Gasteiger partial charge is 0.507 e. The number of hydrogen-bond donors (Lipinski definition) is 1. The number of Topliss-reactive ketones (excluding diaryl/α,β-unsaturated/α-hetero) is 1. The summed E-state index contributed by atoms with van der Waals surface area (Å²) in [4.78, 5) is 39.8. The molecule has 178 valence electrons. The van der Waals surface area contributed by atoms with Crippen molar-refractivity contribution < 1.29 is 29.0 Å². The van der Waals surface area contributed by atoms with E-state index < -0.39 is 23.7 Å². The predicted molar refractivity (Wildman–Crippen MR) is 134 cm³/mol. The van der Waals surface area contributed by atoms with E-state index >= 15 is 0 Å². The molecule has 1 unspecified atom stereocenters. The molecule has 1 amide bonds. The first kappa shape index (κ1) is 24.2. The maximum Gasteiger partial charge on any atom is 0.337 e. The summed E-state index contributed by atoms with van der Waals surface area (Å²) in [5.41, 5.74) is 2.63. The van der Waals surface area contributed by atoms with E-state index in [0.29, 0.717) is 28.1 Å². The molecule has 0 aliphatic carbocycles. The van der Waals surface area contributed by atoms with Crippen LogP contribution in [0.15, 0.2) is 76.8 Å². The maximum atomic E-state index is 13.3. The lowest BCUT2D eigenvalue weighted by atomic mass is 9.94. The molecule has 0 aromatic heterocycles. The van der Waals surface area contributed by atoms with E-state index in [1.807, 2.05) is 13.0 Å². The maximum absolute atomic E-state index is 13.3. The van der Waals surface area contributed by atoms with Crippen LogP contribution < -0.4 is 9.64 Å². The fraction of sp³-hybridized carbons (Fsp3) is 0.148. The molecule has 3 aromatic carbocycles. The molecule has 8 heteroatoms. The SMILES string of the molecule is COC(=O)c1ccc(C2C(=C(O)c3ccc(OC)cc3)C(=O)C(=O)N2c2ccc(C)c(Br)c2)cc1. The monoisotopic (exact) mass is 535 g/mol. The summed E-state index contributed by atoms with van der Waals surface area (Å²) >= 11 is 3.48. The topological polar surface area (TPSA) is 93.1 Å². The smallest absolute Gasteiger partial charge is 0.337 e. The number of aliphatic hydroxyl groups excluding tert-OH is 1. The van der Waals surface area contributed by atoms with Crippen molar-refractivity contribution in [1.82, 2.24) is 0 Å². The van der Waals surface area contributed by atoms with Gasteiger partial charge in [-0.05, 0) is 66.6 Å². The third-order valence-corrected chi connectivity index (χ3v) is 6.74. The molecule has 0 saturated carbocycles. The van der Waals surface area contributed by atoms with Crippen molar-refractivity contribution in [3.63, 3.8) is 0 Å². The first-order valence-corrected chi connectivity index (χ1v) is 11.5. The van der Waals surface area contributed by atoms with Crippen molar-refractivity contribution in [1.29, 1.82) is 0 Å². The summed E-state index contributed by atoms with van der Waals surface area (Å²) in [5, 5.41) is 11.2. The minimum atomic E-state index is -0.918. The number of anilines is 1. The van der Waals surface area contributed by atoms with Crippen LogP contribution in [-0.2, 0) is 14.3 Å². The zero-order valence-corrected chi connectivity index (χ0v) is 20.8. The average molecular weight is 536 g/mol. The van der Waals surface area contributed by atoms with Gasteiger partial charge in [0.15, 0.2) is 0 Å². The highest BCUT2D eigenvalue weighted by molar-refractivity contribution is 9.10. The summed E-state index contributed by atoms with van der Waals surface area (Å²) in [6.45, 7) is 1.91. The number of aliphatic hydroxyl groups is 1. The number of hydrogen-bond acceptors (Lipinski definition) is 6. The van der Waals surface area contributed by atoms with E-state index in [1.54, 1.807) is 60.7 Å². The molecule has 0 bridgehead atoms. The molecule has 1 aliphatic heterocycles. The fourth-order valence-electron chi connectivity index (χ4n) is 3.97. The lowest BCUT2D eigenvalue weighted by molar-refractivity contribution is -0.132. The van der Waals surface area contributed by atoms with Gasteiger partial charge in [-0.1, -0.05) is 34.1 Å². The van der Waals surface area contributed by atoms with Crippen LogP contribution in [0.25, 0.3) is 5.76 Å². The van der Waals surface area contributed by atoms with E-state index in [9.17, 15) is 19.5 Å². The van der Waals surface area contributed by atoms with Crippen LogP contribution in [0, 0.1) is 6.92 Å². The molecule has 1 fully saturated rings. The number of aryl methyl sites for hydroxylation is 1. The Bertz CT molecular complexity index is 1350. The van der Waals surface area contributed by atoms with Crippen LogP contribution in [0.1, 0.15) is 33.1 Å². The average Bonchev–Trinajstić information content (AvgIpc) is 3.15. The van der Waals surface area contributed by atoms with Gasteiger partial charge in [-0.2, -0.15) is 0 Å². The number of ether oxygens (including phenoxy) is 2. The Morgan fingerprint density at radius 2 is 1.57 bits per heavy atom. The number of carbonyl (C=O) groups is 3. The molecule has 7 nitrogen and oxygen atoms in total. The number of carbonyl (C=O) groups excluding carboxylic acids is 3. The summed E-state index contributed by atoms with van der Waals surface area (Å²) in [6, 6.07) is 17.3. The molecule has 3 aromatic rings. The normalized spacial score (nSPS) is 16.9. The molecular formula is C27H22BrNO6.